The molecule has 86 valence electrons. The Balaban J connectivity index is 1.91. The molecule has 15 heavy (non-hydrogen) atoms. The molecule has 2 heterocycles. The van der Waals surface area contributed by atoms with Gasteiger partial charge in [0.2, 0.25) is 0 Å². The van der Waals surface area contributed by atoms with E-state index in [1.54, 1.807) is 11.8 Å². The Bertz CT molecular complexity index is 292. The largest absolute Gasteiger partial charge is 0.359 e. The van der Waals surface area contributed by atoms with Gasteiger partial charge in [-0.25, -0.2) is 0 Å². The lowest BCUT2D eigenvalue weighted by molar-refractivity contribution is 0.531. The van der Waals surface area contributed by atoms with Gasteiger partial charge in [-0.2, -0.15) is 0 Å². The van der Waals surface area contributed by atoms with E-state index in [0.29, 0.717) is 6.04 Å². The highest BCUT2D eigenvalue weighted by molar-refractivity contribution is 8.14. The molecule has 0 aromatic heterocycles. The van der Waals surface area contributed by atoms with Crippen molar-refractivity contribution < 1.29 is 4.21 Å². The van der Waals surface area contributed by atoms with Crippen molar-refractivity contribution in [3.63, 3.8) is 0 Å². The zero-order valence-corrected chi connectivity index (χ0v) is 10.9. The summed E-state index contributed by atoms with van der Waals surface area (Å²) in [6, 6.07) is 0.395. The van der Waals surface area contributed by atoms with Crippen LogP contribution in [-0.2, 0) is 10.8 Å². The van der Waals surface area contributed by atoms with Crippen molar-refractivity contribution in [2.45, 2.75) is 38.3 Å². The SMILES string of the molecule is CC1(C)CSC(=NC2CCS(=O)CC2)N1. The summed E-state index contributed by atoms with van der Waals surface area (Å²) in [5, 5.41) is 4.51. The predicted octanol–water partition coefficient (Wildman–Crippen LogP) is 1.37. The second-order valence-corrected chi connectivity index (χ2v) is 7.47. The minimum Gasteiger partial charge on any atom is -0.359 e. The van der Waals surface area contributed by atoms with Gasteiger partial charge in [0.05, 0.1) is 6.04 Å². The molecule has 2 fully saturated rings. The van der Waals surface area contributed by atoms with Crippen LogP contribution in [0.1, 0.15) is 26.7 Å². The fourth-order valence-electron chi connectivity index (χ4n) is 1.76. The van der Waals surface area contributed by atoms with Gasteiger partial charge < -0.3 is 5.32 Å². The van der Waals surface area contributed by atoms with E-state index >= 15 is 0 Å². The zero-order valence-electron chi connectivity index (χ0n) is 9.28. The Hall–Kier alpha value is -0.0300. The fraction of sp³-hybridized carbons (Fsp3) is 0.900. The van der Waals surface area contributed by atoms with Crippen LogP contribution in [0.3, 0.4) is 0 Å². The molecule has 0 saturated carbocycles. The van der Waals surface area contributed by atoms with Gasteiger partial charge in [-0.3, -0.25) is 9.20 Å². The molecule has 0 amide bonds. The molecule has 3 nitrogen and oxygen atoms in total. The summed E-state index contributed by atoms with van der Waals surface area (Å²) in [5.74, 6) is 2.75. The van der Waals surface area contributed by atoms with E-state index in [1.165, 1.54) is 0 Å². The normalized spacial score (nSPS) is 37.9. The molecule has 0 radical (unpaired) electrons. The van der Waals surface area contributed by atoms with E-state index in [2.05, 4.69) is 19.2 Å². The van der Waals surface area contributed by atoms with Gasteiger partial charge in [0.1, 0.15) is 0 Å². The van der Waals surface area contributed by atoms with Crippen molar-refractivity contribution in [2.75, 3.05) is 17.3 Å². The van der Waals surface area contributed by atoms with Gasteiger partial charge in [-0.1, -0.05) is 11.8 Å². The van der Waals surface area contributed by atoms with Crippen molar-refractivity contribution in [2.24, 2.45) is 4.99 Å². The first-order valence-corrected chi connectivity index (χ1v) is 7.86. The average molecular weight is 246 g/mol. The lowest BCUT2D eigenvalue weighted by atomic mass is 10.1. The maximum Gasteiger partial charge on any atom is 0.157 e. The van der Waals surface area contributed by atoms with Crippen LogP contribution in [0.2, 0.25) is 0 Å². The molecular formula is C10H18N2OS2. The van der Waals surface area contributed by atoms with Gasteiger partial charge in [0.25, 0.3) is 0 Å². The van der Waals surface area contributed by atoms with Gasteiger partial charge in [0, 0.05) is 33.6 Å². The van der Waals surface area contributed by atoms with Gasteiger partial charge in [-0.15, -0.1) is 0 Å². The van der Waals surface area contributed by atoms with E-state index in [9.17, 15) is 4.21 Å². The van der Waals surface area contributed by atoms with Crippen molar-refractivity contribution in [1.29, 1.82) is 0 Å². The number of nitrogens with zero attached hydrogens (tertiary/aromatic N) is 1. The average Bonchev–Trinajstić information content (AvgIpc) is 2.50. The van der Waals surface area contributed by atoms with E-state index in [0.717, 1.165) is 35.3 Å². The monoisotopic (exact) mass is 246 g/mol. The maximum absolute atomic E-state index is 11.2. The first-order chi connectivity index (χ1) is 7.05. The summed E-state index contributed by atoms with van der Waals surface area (Å²) in [6.07, 6.45) is 1.97. The minimum absolute atomic E-state index is 0.182. The highest BCUT2D eigenvalue weighted by atomic mass is 32.2. The minimum atomic E-state index is -0.576. The molecule has 0 unspecified atom stereocenters. The molecule has 0 aliphatic carbocycles. The third-order valence-corrected chi connectivity index (χ3v) is 5.40. The molecule has 2 rings (SSSR count). The quantitative estimate of drug-likeness (QED) is 0.760. The summed E-state index contributed by atoms with van der Waals surface area (Å²) >= 11 is 1.81. The van der Waals surface area contributed by atoms with E-state index in [-0.39, 0.29) is 5.54 Å². The van der Waals surface area contributed by atoms with Crippen molar-refractivity contribution in [3.8, 4) is 0 Å². The first kappa shape index (κ1) is 11.5. The second kappa shape index (κ2) is 4.45. The molecule has 0 spiro atoms. The Morgan fingerprint density at radius 3 is 2.67 bits per heavy atom. The number of aliphatic imine (C=N–C) groups is 1. The van der Waals surface area contributed by atoms with Gasteiger partial charge >= 0.3 is 0 Å². The number of hydrogen-bond acceptors (Lipinski definition) is 3. The lowest BCUT2D eigenvalue weighted by Gasteiger charge is -2.19. The zero-order chi connectivity index (χ0) is 10.9. The van der Waals surface area contributed by atoms with Crippen LogP contribution in [-0.4, -0.2) is 38.2 Å². The number of nitrogens with one attached hydrogen (secondary N) is 1. The molecule has 2 saturated heterocycles. The predicted molar refractivity (Wildman–Crippen MR) is 68.0 cm³/mol. The maximum atomic E-state index is 11.2. The molecule has 2 aliphatic heterocycles. The highest BCUT2D eigenvalue weighted by Gasteiger charge is 2.28. The third kappa shape index (κ3) is 3.21. The van der Waals surface area contributed by atoms with Gasteiger partial charge in [-0.05, 0) is 26.7 Å². The van der Waals surface area contributed by atoms with Crippen LogP contribution in [0.4, 0.5) is 0 Å². The molecule has 2 aliphatic rings. The number of hydrogen-bond donors (Lipinski definition) is 1. The molecule has 5 heteroatoms. The molecular weight excluding hydrogens is 228 g/mol. The molecule has 0 aromatic rings. The van der Waals surface area contributed by atoms with Crippen LogP contribution in [0.25, 0.3) is 0 Å². The Labute approximate surface area is 98.0 Å². The standard InChI is InChI=1S/C10H18N2OS2/c1-10(2)7-14-9(12-10)11-8-3-5-15(13)6-4-8/h8H,3-7H2,1-2H3,(H,11,12). The van der Waals surface area contributed by atoms with Crippen LogP contribution in [0, 0.1) is 0 Å². The summed E-state index contributed by atoms with van der Waals surface area (Å²) in [4.78, 5) is 4.70. The third-order valence-electron chi connectivity index (χ3n) is 2.67. The van der Waals surface area contributed by atoms with Crippen LogP contribution in [0.15, 0.2) is 4.99 Å². The van der Waals surface area contributed by atoms with E-state index < -0.39 is 10.8 Å². The summed E-state index contributed by atoms with van der Waals surface area (Å²) < 4.78 is 11.2. The van der Waals surface area contributed by atoms with E-state index in [1.807, 2.05) is 0 Å². The van der Waals surface area contributed by atoms with Crippen molar-refractivity contribution in [3.05, 3.63) is 0 Å². The summed E-state index contributed by atoms with van der Waals surface area (Å²) in [6.45, 7) is 4.39. The summed E-state index contributed by atoms with van der Waals surface area (Å²) in [7, 11) is -0.576. The molecule has 1 N–H and O–H groups in total. The number of amidine groups is 1. The van der Waals surface area contributed by atoms with Crippen LogP contribution in [0.5, 0.6) is 0 Å². The van der Waals surface area contributed by atoms with E-state index in [4.69, 9.17) is 4.99 Å². The van der Waals surface area contributed by atoms with Crippen molar-refractivity contribution >= 4 is 27.7 Å². The van der Waals surface area contributed by atoms with Gasteiger partial charge in [0.15, 0.2) is 5.17 Å². The highest BCUT2D eigenvalue weighted by Crippen LogP contribution is 2.24. The Kier molecular flexibility index (Phi) is 3.40. The molecule has 0 aromatic carbocycles. The Morgan fingerprint density at radius 2 is 2.13 bits per heavy atom. The fourth-order valence-corrected chi connectivity index (χ4v) is 4.17. The number of rotatable bonds is 1. The molecule has 0 bridgehead atoms. The smallest absolute Gasteiger partial charge is 0.157 e. The van der Waals surface area contributed by atoms with Crippen molar-refractivity contribution in [1.82, 2.24) is 5.32 Å². The van der Waals surface area contributed by atoms with Crippen LogP contribution < -0.4 is 5.32 Å². The second-order valence-electron chi connectivity index (χ2n) is 4.81. The van der Waals surface area contributed by atoms with Crippen LogP contribution >= 0.6 is 11.8 Å². The lowest BCUT2D eigenvalue weighted by Crippen LogP contribution is -2.37. The molecule has 0 atom stereocenters. The summed E-state index contributed by atoms with van der Waals surface area (Å²) in [5.41, 5.74) is 0.182. The first-order valence-electron chi connectivity index (χ1n) is 5.39. The topological polar surface area (TPSA) is 41.5 Å². The number of thioether (sulfide) groups is 1. The Morgan fingerprint density at radius 1 is 1.47 bits per heavy atom.